The molecule has 1 aliphatic rings. The molecule has 0 fully saturated rings. The van der Waals surface area contributed by atoms with Crippen LogP contribution >= 0.6 is 11.8 Å². The zero-order valence-electron chi connectivity index (χ0n) is 10.6. The molecule has 1 aromatic carbocycles. The summed E-state index contributed by atoms with van der Waals surface area (Å²) in [6.45, 7) is 0.617. The van der Waals surface area contributed by atoms with Crippen LogP contribution < -0.4 is 0 Å². The predicted molar refractivity (Wildman–Crippen MR) is 68.5 cm³/mol. The van der Waals surface area contributed by atoms with E-state index < -0.39 is 11.7 Å². The molecule has 0 saturated heterocycles. The highest BCUT2D eigenvalue weighted by Crippen LogP contribution is 2.38. The van der Waals surface area contributed by atoms with Crippen molar-refractivity contribution >= 4 is 17.5 Å². The standard InChI is InChI=1S/C13H14F3NOS/c1-17(2)6-8-7-19-11-5-9(13(14,15)16)3-4-10(11)12(8)18/h3-5,8H,6-7H2,1-2H3. The van der Waals surface area contributed by atoms with Crippen molar-refractivity contribution in [1.29, 1.82) is 0 Å². The van der Waals surface area contributed by atoms with Gasteiger partial charge in [0.05, 0.1) is 5.56 Å². The third kappa shape index (κ3) is 3.12. The number of carbonyl (C=O) groups excluding carboxylic acids is 1. The van der Waals surface area contributed by atoms with Crippen LogP contribution in [0.1, 0.15) is 15.9 Å². The second kappa shape index (κ2) is 5.17. The molecule has 19 heavy (non-hydrogen) atoms. The van der Waals surface area contributed by atoms with E-state index in [1.807, 2.05) is 19.0 Å². The molecule has 1 aromatic rings. The van der Waals surface area contributed by atoms with Gasteiger partial charge in [-0.1, -0.05) is 0 Å². The second-order valence-electron chi connectivity index (χ2n) is 4.84. The Bertz CT molecular complexity index is 499. The average Bonchev–Trinajstić information content (AvgIpc) is 2.31. The molecule has 0 amide bonds. The van der Waals surface area contributed by atoms with E-state index >= 15 is 0 Å². The first kappa shape index (κ1) is 14.4. The van der Waals surface area contributed by atoms with E-state index in [0.717, 1.165) is 12.1 Å². The van der Waals surface area contributed by atoms with Crippen molar-refractivity contribution in [2.24, 2.45) is 5.92 Å². The van der Waals surface area contributed by atoms with Gasteiger partial charge in [0.15, 0.2) is 5.78 Å². The maximum Gasteiger partial charge on any atom is 0.416 e. The van der Waals surface area contributed by atoms with Gasteiger partial charge in [-0.3, -0.25) is 4.79 Å². The molecule has 0 aromatic heterocycles. The maximum absolute atomic E-state index is 12.6. The van der Waals surface area contributed by atoms with Crippen molar-refractivity contribution in [3.63, 3.8) is 0 Å². The molecule has 2 nitrogen and oxygen atoms in total. The Kier molecular flexibility index (Phi) is 3.92. The second-order valence-corrected chi connectivity index (χ2v) is 5.90. The van der Waals surface area contributed by atoms with E-state index in [9.17, 15) is 18.0 Å². The van der Waals surface area contributed by atoms with Crippen LogP contribution in [-0.2, 0) is 6.18 Å². The Morgan fingerprint density at radius 1 is 1.37 bits per heavy atom. The van der Waals surface area contributed by atoms with Crippen molar-refractivity contribution < 1.29 is 18.0 Å². The SMILES string of the molecule is CN(C)CC1CSc2cc(C(F)(F)F)ccc2C1=O. The number of thioether (sulfide) groups is 1. The monoisotopic (exact) mass is 289 g/mol. The number of ketones is 1. The van der Waals surface area contributed by atoms with E-state index in [1.165, 1.54) is 17.8 Å². The van der Waals surface area contributed by atoms with Crippen LogP contribution in [0.4, 0.5) is 13.2 Å². The Morgan fingerprint density at radius 2 is 2.05 bits per heavy atom. The minimum atomic E-state index is -4.36. The van der Waals surface area contributed by atoms with E-state index in [2.05, 4.69) is 0 Å². The number of alkyl halides is 3. The summed E-state index contributed by atoms with van der Waals surface area (Å²) in [5.74, 6) is 0.325. The molecule has 104 valence electrons. The number of carbonyl (C=O) groups is 1. The lowest BCUT2D eigenvalue weighted by Crippen LogP contribution is -2.32. The fraction of sp³-hybridized carbons (Fsp3) is 0.462. The van der Waals surface area contributed by atoms with E-state index in [1.54, 1.807) is 0 Å². The molecule has 0 bridgehead atoms. The summed E-state index contributed by atoms with van der Waals surface area (Å²) < 4.78 is 37.8. The fourth-order valence-electron chi connectivity index (χ4n) is 2.08. The smallest absolute Gasteiger partial charge is 0.309 e. The Labute approximate surface area is 114 Å². The van der Waals surface area contributed by atoms with Gasteiger partial charge in [-0.15, -0.1) is 11.8 Å². The minimum absolute atomic E-state index is 0.0591. The molecule has 1 unspecified atom stereocenters. The number of hydrogen-bond donors (Lipinski definition) is 0. The molecule has 0 spiro atoms. The van der Waals surface area contributed by atoms with E-state index in [4.69, 9.17) is 0 Å². The minimum Gasteiger partial charge on any atom is -0.309 e. The van der Waals surface area contributed by atoms with Crippen molar-refractivity contribution in [3.05, 3.63) is 29.3 Å². The molecular weight excluding hydrogens is 275 g/mol. The number of benzene rings is 1. The van der Waals surface area contributed by atoms with Crippen molar-refractivity contribution in [2.45, 2.75) is 11.1 Å². The van der Waals surface area contributed by atoms with Gasteiger partial charge in [0.1, 0.15) is 0 Å². The Balaban J connectivity index is 2.29. The van der Waals surface area contributed by atoms with Gasteiger partial charge < -0.3 is 4.90 Å². The van der Waals surface area contributed by atoms with Crippen molar-refractivity contribution in [3.8, 4) is 0 Å². The van der Waals surface area contributed by atoms with Gasteiger partial charge in [0.2, 0.25) is 0 Å². The lowest BCUT2D eigenvalue weighted by molar-refractivity contribution is -0.137. The zero-order valence-corrected chi connectivity index (χ0v) is 11.4. The normalized spacial score (nSPS) is 19.7. The third-order valence-corrected chi connectivity index (χ3v) is 4.19. The number of hydrogen-bond acceptors (Lipinski definition) is 3. The van der Waals surface area contributed by atoms with Gasteiger partial charge in [-0.2, -0.15) is 13.2 Å². The lowest BCUT2D eigenvalue weighted by Gasteiger charge is -2.25. The molecule has 1 aliphatic heterocycles. The first-order valence-electron chi connectivity index (χ1n) is 5.82. The Morgan fingerprint density at radius 3 is 2.63 bits per heavy atom. The summed E-state index contributed by atoms with van der Waals surface area (Å²) in [4.78, 5) is 14.5. The largest absolute Gasteiger partial charge is 0.416 e. The van der Waals surface area contributed by atoms with Gasteiger partial charge in [-0.25, -0.2) is 0 Å². The van der Waals surface area contributed by atoms with Gasteiger partial charge in [0.25, 0.3) is 0 Å². The van der Waals surface area contributed by atoms with Crippen LogP contribution in [0.15, 0.2) is 23.1 Å². The number of rotatable bonds is 2. The highest BCUT2D eigenvalue weighted by Gasteiger charge is 2.34. The highest BCUT2D eigenvalue weighted by atomic mass is 32.2. The number of Topliss-reactive ketones (excluding diaryl/α,β-unsaturated/α-hetero) is 1. The van der Waals surface area contributed by atoms with E-state index in [0.29, 0.717) is 22.8 Å². The molecule has 0 aliphatic carbocycles. The maximum atomic E-state index is 12.6. The summed E-state index contributed by atoms with van der Waals surface area (Å²) >= 11 is 1.33. The summed E-state index contributed by atoms with van der Waals surface area (Å²) in [7, 11) is 3.75. The van der Waals surface area contributed by atoms with E-state index in [-0.39, 0.29) is 11.7 Å². The molecule has 0 N–H and O–H groups in total. The molecule has 1 heterocycles. The average molecular weight is 289 g/mol. The predicted octanol–water partition coefficient (Wildman–Crippen LogP) is 3.17. The molecule has 2 rings (SSSR count). The van der Waals surface area contributed by atoms with Crippen LogP contribution in [0.3, 0.4) is 0 Å². The molecule has 0 radical (unpaired) electrons. The highest BCUT2D eigenvalue weighted by molar-refractivity contribution is 7.99. The number of halogens is 3. The molecule has 6 heteroatoms. The Hall–Kier alpha value is -1.01. The van der Waals surface area contributed by atoms with Gasteiger partial charge in [-0.05, 0) is 32.3 Å². The number of nitrogens with zero attached hydrogens (tertiary/aromatic N) is 1. The van der Waals surface area contributed by atoms with Crippen LogP contribution in [0.5, 0.6) is 0 Å². The van der Waals surface area contributed by atoms with Crippen LogP contribution in [-0.4, -0.2) is 37.1 Å². The molecule has 0 saturated carbocycles. The molecular formula is C13H14F3NOS. The first-order chi connectivity index (χ1) is 8.79. The first-order valence-corrected chi connectivity index (χ1v) is 6.80. The van der Waals surface area contributed by atoms with Crippen molar-refractivity contribution in [1.82, 2.24) is 4.90 Å². The third-order valence-electron chi connectivity index (χ3n) is 2.97. The lowest BCUT2D eigenvalue weighted by atomic mass is 9.97. The van der Waals surface area contributed by atoms with Crippen LogP contribution in [0.25, 0.3) is 0 Å². The quantitative estimate of drug-likeness (QED) is 0.834. The fourth-order valence-corrected chi connectivity index (χ4v) is 3.26. The number of fused-ring (bicyclic) bond motifs is 1. The summed E-state index contributed by atoms with van der Waals surface area (Å²) in [6, 6.07) is 3.36. The van der Waals surface area contributed by atoms with Crippen LogP contribution in [0, 0.1) is 5.92 Å². The molecule has 1 atom stereocenters. The summed E-state index contributed by atoms with van der Waals surface area (Å²) in [6.07, 6.45) is -4.36. The van der Waals surface area contributed by atoms with Gasteiger partial charge in [0, 0.05) is 28.7 Å². The van der Waals surface area contributed by atoms with Gasteiger partial charge >= 0.3 is 6.18 Å². The van der Waals surface area contributed by atoms with Crippen molar-refractivity contribution in [2.75, 3.05) is 26.4 Å². The zero-order chi connectivity index (χ0) is 14.2. The topological polar surface area (TPSA) is 20.3 Å². The summed E-state index contributed by atoms with van der Waals surface area (Å²) in [5, 5.41) is 0. The van der Waals surface area contributed by atoms with Crippen LogP contribution in [0.2, 0.25) is 0 Å². The summed E-state index contributed by atoms with van der Waals surface area (Å²) in [5.41, 5.74) is -0.284.